The van der Waals surface area contributed by atoms with Crippen LogP contribution in [-0.2, 0) is 0 Å². The van der Waals surface area contributed by atoms with Gasteiger partial charge in [0.15, 0.2) is 12.0 Å². The van der Waals surface area contributed by atoms with E-state index in [-0.39, 0.29) is 11.6 Å². The second-order valence-electron chi connectivity index (χ2n) is 4.12. The maximum Gasteiger partial charge on any atom is 0.287 e. The minimum atomic E-state index is -0.540. The van der Waals surface area contributed by atoms with Crippen LogP contribution >= 0.6 is 0 Å². The molecule has 2 aromatic heterocycles. The first-order chi connectivity index (χ1) is 10.2. The van der Waals surface area contributed by atoms with Crippen LogP contribution in [0.1, 0.15) is 10.5 Å². The second-order valence-corrected chi connectivity index (χ2v) is 4.12. The Bertz CT molecular complexity index is 826. The lowest BCUT2D eigenvalue weighted by Gasteiger charge is -2.04. The van der Waals surface area contributed by atoms with Gasteiger partial charge in [-0.3, -0.25) is 20.0 Å². The van der Waals surface area contributed by atoms with E-state index in [9.17, 15) is 14.9 Å². The van der Waals surface area contributed by atoms with Crippen molar-refractivity contribution in [3.05, 3.63) is 52.3 Å². The van der Waals surface area contributed by atoms with E-state index >= 15 is 0 Å². The number of carbonyl (C=O) groups is 1. The molecule has 0 aliphatic heterocycles. The maximum absolute atomic E-state index is 10.9. The first-order valence-electron chi connectivity index (χ1n) is 5.89. The lowest BCUT2D eigenvalue weighted by molar-refractivity contribution is -0.385. The SMILES string of the molecule is O=Cc1[nH]nc2c(Oc3ccc([N+](=O)[O-])cn3)cccc12. The quantitative estimate of drug-likeness (QED) is 0.447. The number of hydrogen-bond acceptors (Lipinski definition) is 6. The Hall–Kier alpha value is -3.29. The molecule has 3 rings (SSSR count). The summed E-state index contributed by atoms with van der Waals surface area (Å²) in [5.74, 6) is 0.599. The summed E-state index contributed by atoms with van der Waals surface area (Å²) in [7, 11) is 0. The number of benzene rings is 1. The van der Waals surface area contributed by atoms with Crippen LogP contribution in [0.15, 0.2) is 36.5 Å². The summed E-state index contributed by atoms with van der Waals surface area (Å²) >= 11 is 0. The average molecular weight is 284 g/mol. The van der Waals surface area contributed by atoms with Gasteiger partial charge >= 0.3 is 0 Å². The second kappa shape index (κ2) is 5.00. The minimum absolute atomic E-state index is 0.122. The van der Waals surface area contributed by atoms with Gasteiger partial charge in [-0.25, -0.2) is 4.98 Å². The molecule has 0 saturated heterocycles. The van der Waals surface area contributed by atoms with Crippen LogP contribution in [0.4, 0.5) is 5.69 Å². The molecule has 0 spiro atoms. The summed E-state index contributed by atoms with van der Waals surface area (Å²) in [6, 6.07) is 7.80. The van der Waals surface area contributed by atoms with Gasteiger partial charge in [0, 0.05) is 17.5 Å². The fraction of sp³-hybridized carbons (Fsp3) is 0. The molecule has 8 heteroatoms. The van der Waals surface area contributed by atoms with Crippen molar-refractivity contribution in [3.63, 3.8) is 0 Å². The predicted molar refractivity (Wildman–Crippen MR) is 72.4 cm³/mol. The molecule has 1 aromatic carbocycles. The van der Waals surface area contributed by atoms with Gasteiger partial charge in [-0.05, 0) is 6.07 Å². The van der Waals surface area contributed by atoms with Gasteiger partial charge in [0.05, 0.1) is 4.92 Å². The van der Waals surface area contributed by atoms with Gasteiger partial charge < -0.3 is 4.74 Å². The summed E-state index contributed by atoms with van der Waals surface area (Å²) in [6.45, 7) is 0. The molecule has 0 atom stereocenters. The Morgan fingerprint density at radius 2 is 2.14 bits per heavy atom. The smallest absolute Gasteiger partial charge is 0.287 e. The zero-order chi connectivity index (χ0) is 14.8. The number of H-pyrrole nitrogens is 1. The van der Waals surface area contributed by atoms with Crippen LogP contribution in [0.5, 0.6) is 11.6 Å². The van der Waals surface area contributed by atoms with Crippen molar-refractivity contribution in [1.29, 1.82) is 0 Å². The van der Waals surface area contributed by atoms with Gasteiger partial charge in [-0.1, -0.05) is 12.1 Å². The molecule has 0 bridgehead atoms. The highest BCUT2D eigenvalue weighted by molar-refractivity contribution is 5.97. The Labute approximate surface area is 117 Å². The van der Waals surface area contributed by atoms with Crippen molar-refractivity contribution >= 4 is 22.9 Å². The van der Waals surface area contributed by atoms with Crippen molar-refractivity contribution in [1.82, 2.24) is 15.2 Å². The first kappa shape index (κ1) is 12.7. The van der Waals surface area contributed by atoms with Crippen LogP contribution in [0.2, 0.25) is 0 Å². The predicted octanol–water partition coefficient (Wildman–Crippen LogP) is 2.47. The first-order valence-corrected chi connectivity index (χ1v) is 5.89. The lowest BCUT2D eigenvalue weighted by Crippen LogP contribution is -1.92. The Morgan fingerprint density at radius 3 is 2.81 bits per heavy atom. The number of aromatic amines is 1. The number of pyridine rings is 1. The monoisotopic (exact) mass is 284 g/mol. The highest BCUT2D eigenvalue weighted by atomic mass is 16.6. The van der Waals surface area contributed by atoms with Crippen molar-refractivity contribution in [2.75, 3.05) is 0 Å². The number of ether oxygens (including phenoxy) is 1. The van der Waals surface area contributed by atoms with Crippen LogP contribution in [-0.4, -0.2) is 26.4 Å². The number of para-hydroxylation sites is 1. The standard InChI is InChI=1S/C13H8N4O4/c18-7-10-9-2-1-3-11(13(9)16-15-10)21-12-5-4-8(6-14-12)17(19)20/h1-7H,(H,15,16). The number of nitro groups is 1. The Morgan fingerprint density at radius 1 is 1.29 bits per heavy atom. The van der Waals surface area contributed by atoms with Crippen molar-refractivity contribution in [3.8, 4) is 11.6 Å². The van der Waals surface area contributed by atoms with Gasteiger partial charge in [0.2, 0.25) is 5.88 Å². The Balaban J connectivity index is 1.96. The molecular weight excluding hydrogens is 276 g/mol. The molecule has 0 amide bonds. The van der Waals surface area contributed by atoms with Crippen LogP contribution in [0.3, 0.4) is 0 Å². The fourth-order valence-electron chi connectivity index (χ4n) is 1.86. The fourth-order valence-corrected chi connectivity index (χ4v) is 1.86. The van der Waals surface area contributed by atoms with Crippen molar-refractivity contribution in [2.45, 2.75) is 0 Å². The van der Waals surface area contributed by atoms with Gasteiger partial charge in [-0.2, -0.15) is 5.10 Å². The van der Waals surface area contributed by atoms with E-state index in [0.29, 0.717) is 28.6 Å². The van der Waals surface area contributed by atoms with Gasteiger partial charge in [-0.15, -0.1) is 0 Å². The number of rotatable bonds is 4. The van der Waals surface area contributed by atoms with E-state index in [4.69, 9.17) is 4.74 Å². The average Bonchev–Trinajstić information content (AvgIpc) is 2.92. The molecular formula is C13H8N4O4. The number of hydrogen-bond donors (Lipinski definition) is 1. The third kappa shape index (κ3) is 2.29. The van der Waals surface area contributed by atoms with Gasteiger partial charge in [0.1, 0.15) is 17.4 Å². The third-order valence-corrected chi connectivity index (χ3v) is 2.84. The maximum atomic E-state index is 10.9. The van der Waals surface area contributed by atoms with E-state index < -0.39 is 4.92 Å². The highest BCUT2D eigenvalue weighted by Crippen LogP contribution is 2.29. The summed E-state index contributed by atoms with van der Waals surface area (Å²) in [5.41, 5.74) is 0.718. The molecule has 104 valence electrons. The zero-order valence-corrected chi connectivity index (χ0v) is 10.5. The molecule has 8 nitrogen and oxygen atoms in total. The molecule has 3 aromatic rings. The molecule has 0 aliphatic carbocycles. The summed E-state index contributed by atoms with van der Waals surface area (Å²) in [4.78, 5) is 24.7. The van der Waals surface area contributed by atoms with E-state index in [1.807, 2.05) is 0 Å². The molecule has 0 radical (unpaired) electrons. The van der Waals surface area contributed by atoms with E-state index in [0.717, 1.165) is 6.20 Å². The molecule has 2 heterocycles. The van der Waals surface area contributed by atoms with E-state index in [1.165, 1.54) is 12.1 Å². The van der Waals surface area contributed by atoms with Gasteiger partial charge in [0.25, 0.3) is 5.69 Å². The minimum Gasteiger partial charge on any atom is -0.437 e. The van der Waals surface area contributed by atoms with Crippen LogP contribution in [0.25, 0.3) is 10.9 Å². The van der Waals surface area contributed by atoms with Crippen LogP contribution < -0.4 is 4.74 Å². The van der Waals surface area contributed by atoms with E-state index in [1.54, 1.807) is 18.2 Å². The van der Waals surface area contributed by atoms with Crippen LogP contribution in [0, 0.1) is 10.1 Å². The summed E-state index contributed by atoms with van der Waals surface area (Å²) in [5, 5.41) is 17.8. The molecule has 0 aliphatic rings. The van der Waals surface area contributed by atoms with Crippen molar-refractivity contribution < 1.29 is 14.5 Å². The largest absolute Gasteiger partial charge is 0.437 e. The molecule has 1 N–H and O–H groups in total. The number of aldehydes is 1. The number of carbonyl (C=O) groups excluding carboxylic acids is 1. The number of aromatic nitrogens is 3. The Kier molecular flexibility index (Phi) is 3.03. The summed E-state index contributed by atoms with van der Waals surface area (Å²) < 4.78 is 5.55. The number of nitrogens with zero attached hydrogens (tertiary/aromatic N) is 3. The number of fused-ring (bicyclic) bond motifs is 1. The molecule has 0 fully saturated rings. The normalized spacial score (nSPS) is 10.5. The number of nitrogens with one attached hydrogen (secondary N) is 1. The zero-order valence-electron chi connectivity index (χ0n) is 10.5. The summed E-state index contributed by atoms with van der Waals surface area (Å²) in [6.07, 6.45) is 1.78. The van der Waals surface area contributed by atoms with Crippen molar-refractivity contribution in [2.24, 2.45) is 0 Å². The third-order valence-electron chi connectivity index (χ3n) is 2.84. The molecule has 0 unspecified atom stereocenters. The topological polar surface area (TPSA) is 111 Å². The molecule has 21 heavy (non-hydrogen) atoms. The lowest BCUT2D eigenvalue weighted by atomic mass is 10.2. The van der Waals surface area contributed by atoms with E-state index in [2.05, 4.69) is 15.2 Å². The highest BCUT2D eigenvalue weighted by Gasteiger charge is 2.11. The molecule has 0 saturated carbocycles.